The molecule has 0 aromatic heterocycles. The molecule has 1 aliphatic rings. The Morgan fingerprint density at radius 1 is 1.24 bits per heavy atom. The third-order valence-electron chi connectivity index (χ3n) is 2.91. The lowest BCUT2D eigenvalue weighted by Crippen LogP contribution is -2.51. The molecule has 1 fully saturated rings. The van der Waals surface area contributed by atoms with Gasteiger partial charge in [-0.2, -0.15) is 0 Å². The first-order valence-electron chi connectivity index (χ1n) is 5.49. The molecular weight excluding hydrogens is 238 g/mol. The molecule has 0 atom stereocenters. The Morgan fingerprint density at radius 2 is 1.94 bits per heavy atom. The molecule has 1 aromatic rings. The quantitative estimate of drug-likeness (QED) is 0.334. The molecule has 1 saturated heterocycles. The second-order valence-corrected chi connectivity index (χ2v) is 4.38. The Morgan fingerprint density at radius 3 is 2.53 bits per heavy atom. The number of guanidine groups is 1. The third-order valence-corrected chi connectivity index (χ3v) is 3.14. The van der Waals surface area contributed by atoms with Crippen LogP contribution in [-0.2, 0) is 0 Å². The number of hydrogen-bond acceptors (Lipinski definition) is 3. The highest BCUT2D eigenvalue weighted by Gasteiger charge is 2.18. The molecule has 0 amide bonds. The summed E-state index contributed by atoms with van der Waals surface area (Å²) in [4.78, 5) is 4.24. The summed E-state index contributed by atoms with van der Waals surface area (Å²) in [6.07, 6.45) is 0. The van der Waals surface area contributed by atoms with Crippen LogP contribution in [0.1, 0.15) is 0 Å². The molecule has 0 saturated carbocycles. The second-order valence-electron chi connectivity index (χ2n) is 3.94. The fraction of sp³-hybridized carbons (Fsp3) is 0.364. The lowest BCUT2D eigenvalue weighted by atomic mass is 10.2. The number of nitrogens with two attached hydrogens (primary N) is 2. The van der Waals surface area contributed by atoms with Crippen molar-refractivity contribution in [3.63, 3.8) is 0 Å². The van der Waals surface area contributed by atoms with Gasteiger partial charge in [0.2, 0.25) is 5.96 Å². The Hall–Kier alpha value is -1.62. The molecule has 0 bridgehead atoms. The minimum atomic E-state index is 0.399. The van der Waals surface area contributed by atoms with Crippen LogP contribution in [0.15, 0.2) is 29.4 Å². The van der Waals surface area contributed by atoms with Crippen molar-refractivity contribution in [1.29, 1.82) is 0 Å². The summed E-state index contributed by atoms with van der Waals surface area (Å²) < 4.78 is 0. The first kappa shape index (κ1) is 11.9. The molecule has 0 spiro atoms. The first-order valence-corrected chi connectivity index (χ1v) is 5.87. The topological polar surface area (TPSA) is 70.9 Å². The van der Waals surface area contributed by atoms with Crippen molar-refractivity contribution in [3.8, 4) is 0 Å². The molecule has 0 unspecified atom stereocenters. The molecule has 1 heterocycles. The molecular formula is C11H16ClN5. The van der Waals surface area contributed by atoms with Crippen molar-refractivity contribution >= 4 is 23.2 Å². The van der Waals surface area contributed by atoms with Crippen LogP contribution in [-0.4, -0.2) is 37.0 Å². The maximum Gasteiger partial charge on any atom is 0.213 e. The molecule has 0 radical (unpaired) electrons. The zero-order valence-corrected chi connectivity index (χ0v) is 10.3. The van der Waals surface area contributed by atoms with Gasteiger partial charge in [-0.3, -0.25) is 0 Å². The van der Waals surface area contributed by atoms with Gasteiger partial charge in [0.15, 0.2) is 0 Å². The van der Waals surface area contributed by atoms with Crippen LogP contribution in [0.5, 0.6) is 0 Å². The number of nitrogens with zero attached hydrogens (tertiary/aromatic N) is 3. The molecule has 1 aliphatic heterocycles. The summed E-state index contributed by atoms with van der Waals surface area (Å²) in [5, 5.41) is 4.26. The van der Waals surface area contributed by atoms with Gasteiger partial charge in [0.25, 0.3) is 0 Å². The monoisotopic (exact) mass is 253 g/mol. The van der Waals surface area contributed by atoms with E-state index in [0.717, 1.165) is 36.9 Å². The van der Waals surface area contributed by atoms with Gasteiger partial charge in [0.1, 0.15) is 0 Å². The van der Waals surface area contributed by atoms with E-state index in [0.29, 0.717) is 5.96 Å². The normalized spacial score (nSPS) is 17.4. The average molecular weight is 254 g/mol. The summed E-state index contributed by atoms with van der Waals surface area (Å²) in [7, 11) is 0. The van der Waals surface area contributed by atoms with E-state index in [1.807, 2.05) is 23.1 Å². The lowest BCUT2D eigenvalue weighted by Gasteiger charge is -2.36. The van der Waals surface area contributed by atoms with Crippen LogP contribution in [0.2, 0.25) is 5.02 Å². The lowest BCUT2D eigenvalue weighted by molar-refractivity contribution is 0.381. The summed E-state index contributed by atoms with van der Waals surface area (Å²) in [6, 6.07) is 7.86. The van der Waals surface area contributed by atoms with Gasteiger partial charge in [-0.15, -0.1) is 5.10 Å². The molecule has 2 rings (SSSR count). The van der Waals surface area contributed by atoms with Crippen molar-refractivity contribution < 1.29 is 0 Å². The average Bonchev–Trinajstić information content (AvgIpc) is 2.38. The smallest absolute Gasteiger partial charge is 0.213 e. The Bertz CT molecular complexity index is 412. The first-order chi connectivity index (χ1) is 8.20. The predicted octanol–water partition coefficient (Wildman–Crippen LogP) is 0.650. The summed E-state index contributed by atoms with van der Waals surface area (Å²) in [5.74, 6) is 5.56. The number of halogens is 1. The minimum absolute atomic E-state index is 0.399. The van der Waals surface area contributed by atoms with E-state index in [4.69, 9.17) is 23.2 Å². The Kier molecular flexibility index (Phi) is 3.58. The zero-order valence-electron chi connectivity index (χ0n) is 9.51. The van der Waals surface area contributed by atoms with E-state index in [1.165, 1.54) is 0 Å². The highest BCUT2D eigenvalue weighted by Crippen LogP contribution is 2.20. The summed E-state index contributed by atoms with van der Waals surface area (Å²) in [6.45, 7) is 3.41. The van der Waals surface area contributed by atoms with Crippen molar-refractivity contribution in [2.45, 2.75) is 0 Å². The zero-order chi connectivity index (χ0) is 12.3. The molecule has 92 valence electrons. The molecule has 6 heteroatoms. The van der Waals surface area contributed by atoms with E-state index in [2.05, 4.69) is 16.1 Å². The van der Waals surface area contributed by atoms with Gasteiger partial charge >= 0.3 is 0 Å². The number of rotatable bonds is 1. The number of benzene rings is 1. The highest BCUT2D eigenvalue weighted by atomic mass is 35.5. The van der Waals surface area contributed by atoms with Gasteiger partial charge in [-0.1, -0.05) is 17.7 Å². The summed E-state index contributed by atoms with van der Waals surface area (Å²) in [5.41, 5.74) is 6.81. The SMILES string of the molecule is NN=C(N)N1CCN(c2cccc(Cl)c2)CC1. The number of hydrazone groups is 1. The van der Waals surface area contributed by atoms with Crippen LogP contribution in [0.3, 0.4) is 0 Å². The number of piperazine rings is 1. The van der Waals surface area contributed by atoms with Gasteiger partial charge in [-0.05, 0) is 18.2 Å². The van der Waals surface area contributed by atoms with Crippen LogP contribution < -0.4 is 16.5 Å². The fourth-order valence-corrected chi connectivity index (χ4v) is 2.13. The Balaban J connectivity index is 2.00. The molecule has 5 nitrogen and oxygen atoms in total. The fourth-order valence-electron chi connectivity index (χ4n) is 1.95. The van der Waals surface area contributed by atoms with Crippen LogP contribution in [0, 0.1) is 0 Å². The molecule has 17 heavy (non-hydrogen) atoms. The largest absolute Gasteiger partial charge is 0.368 e. The van der Waals surface area contributed by atoms with Crippen molar-refractivity contribution in [3.05, 3.63) is 29.3 Å². The van der Waals surface area contributed by atoms with E-state index in [9.17, 15) is 0 Å². The maximum atomic E-state index is 5.97. The summed E-state index contributed by atoms with van der Waals surface area (Å²) >= 11 is 5.97. The van der Waals surface area contributed by atoms with E-state index in [1.54, 1.807) is 0 Å². The van der Waals surface area contributed by atoms with Gasteiger partial charge in [-0.25, -0.2) is 0 Å². The predicted molar refractivity (Wildman–Crippen MR) is 71.0 cm³/mol. The minimum Gasteiger partial charge on any atom is -0.368 e. The van der Waals surface area contributed by atoms with E-state index < -0.39 is 0 Å². The second kappa shape index (κ2) is 5.14. The van der Waals surface area contributed by atoms with Crippen molar-refractivity contribution in [1.82, 2.24) is 4.90 Å². The van der Waals surface area contributed by atoms with Gasteiger partial charge in [0.05, 0.1) is 0 Å². The van der Waals surface area contributed by atoms with Crippen LogP contribution in [0.4, 0.5) is 5.69 Å². The number of anilines is 1. The standard InChI is InChI=1S/C11H16ClN5/c12-9-2-1-3-10(8-9)16-4-6-17(7-5-16)11(13)15-14/h1-3,8H,4-7,14H2,(H2,13,15). The van der Waals surface area contributed by atoms with E-state index >= 15 is 0 Å². The van der Waals surface area contributed by atoms with Gasteiger partial charge < -0.3 is 21.4 Å². The molecule has 1 aromatic carbocycles. The van der Waals surface area contributed by atoms with Gasteiger partial charge in [0, 0.05) is 36.9 Å². The van der Waals surface area contributed by atoms with Crippen LogP contribution in [0.25, 0.3) is 0 Å². The molecule has 0 aliphatic carbocycles. The number of hydrogen-bond donors (Lipinski definition) is 2. The van der Waals surface area contributed by atoms with Crippen LogP contribution >= 0.6 is 11.6 Å². The van der Waals surface area contributed by atoms with E-state index in [-0.39, 0.29) is 0 Å². The highest BCUT2D eigenvalue weighted by molar-refractivity contribution is 6.30. The third kappa shape index (κ3) is 2.74. The van der Waals surface area contributed by atoms with Crippen molar-refractivity contribution in [2.24, 2.45) is 16.7 Å². The Labute approximate surface area is 106 Å². The van der Waals surface area contributed by atoms with Crippen molar-refractivity contribution in [2.75, 3.05) is 31.1 Å². The maximum absolute atomic E-state index is 5.97. The molecule has 4 N–H and O–H groups in total.